The molecule has 1 saturated carbocycles. The molecular weight excluding hydrogens is 188 g/mol. The molecule has 0 amide bonds. The van der Waals surface area contributed by atoms with Crippen molar-refractivity contribution in [3.8, 4) is 6.07 Å². The second-order valence-corrected chi connectivity index (χ2v) is 3.73. The van der Waals surface area contributed by atoms with Crippen molar-refractivity contribution in [3.05, 3.63) is 0 Å². The summed E-state index contributed by atoms with van der Waals surface area (Å²) < 4.78 is 23.9. The highest BCUT2D eigenvalue weighted by atomic mass is 19.3. The molecule has 1 N–H and O–H groups in total. The molecule has 1 fully saturated rings. The lowest BCUT2D eigenvalue weighted by Crippen LogP contribution is -2.41. The van der Waals surface area contributed by atoms with Crippen molar-refractivity contribution < 1.29 is 8.78 Å². The SMILES string of the molecule is CN(CC(F)F)CC(C#N)NC1CC1. The zero-order chi connectivity index (χ0) is 10.6. The third-order valence-electron chi connectivity index (χ3n) is 2.11. The molecule has 80 valence electrons. The van der Waals surface area contributed by atoms with E-state index < -0.39 is 6.43 Å². The predicted octanol–water partition coefficient (Wildman–Crippen LogP) is 0.827. The fourth-order valence-electron chi connectivity index (χ4n) is 1.29. The molecule has 1 rings (SSSR count). The van der Waals surface area contributed by atoms with Crippen LogP contribution in [0.1, 0.15) is 12.8 Å². The summed E-state index contributed by atoms with van der Waals surface area (Å²) in [6.07, 6.45) is -0.145. The predicted molar refractivity (Wildman–Crippen MR) is 49.1 cm³/mol. The van der Waals surface area contributed by atoms with Gasteiger partial charge in [-0.1, -0.05) is 0 Å². The van der Waals surface area contributed by atoms with Crippen LogP contribution in [0.4, 0.5) is 8.78 Å². The molecule has 1 atom stereocenters. The Hall–Kier alpha value is -0.730. The van der Waals surface area contributed by atoms with Gasteiger partial charge in [-0.25, -0.2) is 8.78 Å². The molecule has 0 spiro atoms. The van der Waals surface area contributed by atoms with Crippen LogP contribution < -0.4 is 5.32 Å². The summed E-state index contributed by atoms with van der Waals surface area (Å²) in [6, 6.07) is 2.18. The number of nitrogens with zero attached hydrogens (tertiary/aromatic N) is 2. The van der Waals surface area contributed by atoms with Crippen LogP contribution in [0.2, 0.25) is 0 Å². The van der Waals surface area contributed by atoms with Gasteiger partial charge >= 0.3 is 0 Å². The third kappa shape index (κ3) is 4.49. The summed E-state index contributed by atoms with van der Waals surface area (Å²) in [4.78, 5) is 1.48. The van der Waals surface area contributed by atoms with Crippen LogP contribution in [-0.2, 0) is 0 Å². The highest BCUT2D eigenvalue weighted by Gasteiger charge is 2.25. The molecule has 1 unspecified atom stereocenters. The van der Waals surface area contributed by atoms with Gasteiger partial charge in [0.15, 0.2) is 0 Å². The van der Waals surface area contributed by atoms with E-state index in [1.807, 2.05) is 0 Å². The van der Waals surface area contributed by atoms with Crippen LogP contribution in [0.5, 0.6) is 0 Å². The maximum atomic E-state index is 12.0. The topological polar surface area (TPSA) is 39.1 Å². The lowest BCUT2D eigenvalue weighted by atomic mass is 10.3. The average Bonchev–Trinajstić information content (AvgIpc) is 2.85. The summed E-state index contributed by atoms with van der Waals surface area (Å²) in [5.41, 5.74) is 0. The number of nitrogens with one attached hydrogen (secondary N) is 1. The summed E-state index contributed by atoms with van der Waals surface area (Å²) in [7, 11) is 1.60. The van der Waals surface area contributed by atoms with E-state index in [9.17, 15) is 8.78 Å². The second kappa shape index (κ2) is 5.23. The van der Waals surface area contributed by atoms with Crippen molar-refractivity contribution in [2.75, 3.05) is 20.1 Å². The summed E-state index contributed by atoms with van der Waals surface area (Å²) in [5, 5.41) is 11.9. The van der Waals surface area contributed by atoms with Crippen molar-refractivity contribution in [1.29, 1.82) is 5.26 Å². The molecule has 0 bridgehead atoms. The molecule has 0 aromatic heterocycles. The monoisotopic (exact) mass is 203 g/mol. The first-order chi connectivity index (χ1) is 6.61. The highest BCUT2D eigenvalue weighted by Crippen LogP contribution is 2.19. The molecular formula is C9H15F2N3. The minimum Gasteiger partial charge on any atom is -0.298 e. The number of likely N-dealkylation sites (N-methyl/N-ethyl adjacent to an activating group) is 1. The van der Waals surface area contributed by atoms with Gasteiger partial charge in [-0.15, -0.1) is 0 Å². The summed E-state index contributed by atoms with van der Waals surface area (Å²) in [6.45, 7) is 0.0852. The van der Waals surface area contributed by atoms with E-state index in [1.165, 1.54) is 4.90 Å². The van der Waals surface area contributed by atoms with Crippen molar-refractivity contribution in [2.45, 2.75) is 31.4 Å². The van der Waals surface area contributed by atoms with Gasteiger partial charge in [-0.05, 0) is 19.9 Å². The lowest BCUT2D eigenvalue weighted by molar-refractivity contribution is 0.0982. The van der Waals surface area contributed by atoms with Gasteiger partial charge in [0, 0.05) is 12.6 Å². The van der Waals surface area contributed by atoms with Crippen LogP contribution in [-0.4, -0.2) is 43.5 Å². The number of halogens is 2. The van der Waals surface area contributed by atoms with Crippen LogP contribution in [0.3, 0.4) is 0 Å². The number of rotatable bonds is 6. The Balaban J connectivity index is 2.21. The Morgan fingerprint density at radius 1 is 1.50 bits per heavy atom. The lowest BCUT2D eigenvalue weighted by Gasteiger charge is -2.19. The highest BCUT2D eigenvalue weighted by molar-refractivity contribution is 4.97. The van der Waals surface area contributed by atoms with E-state index in [-0.39, 0.29) is 12.6 Å². The maximum absolute atomic E-state index is 12.0. The molecule has 1 aliphatic carbocycles. The van der Waals surface area contributed by atoms with Crippen molar-refractivity contribution in [1.82, 2.24) is 10.2 Å². The Morgan fingerprint density at radius 3 is 2.57 bits per heavy atom. The smallest absolute Gasteiger partial charge is 0.251 e. The van der Waals surface area contributed by atoms with Gasteiger partial charge in [-0.3, -0.25) is 10.2 Å². The number of nitriles is 1. The largest absolute Gasteiger partial charge is 0.298 e. The fraction of sp³-hybridized carbons (Fsp3) is 0.889. The van der Waals surface area contributed by atoms with Gasteiger partial charge in [0.25, 0.3) is 6.43 Å². The minimum absolute atomic E-state index is 0.273. The van der Waals surface area contributed by atoms with E-state index in [0.29, 0.717) is 12.6 Å². The molecule has 0 heterocycles. The Kier molecular flexibility index (Phi) is 4.23. The molecule has 0 saturated heterocycles. The molecule has 14 heavy (non-hydrogen) atoms. The molecule has 1 aliphatic rings. The van der Waals surface area contributed by atoms with E-state index >= 15 is 0 Å². The molecule has 0 aromatic carbocycles. The molecule has 0 radical (unpaired) electrons. The first kappa shape index (κ1) is 11.3. The average molecular weight is 203 g/mol. The van der Waals surface area contributed by atoms with E-state index in [4.69, 9.17) is 5.26 Å². The fourth-order valence-corrected chi connectivity index (χ4v) is 1.29. The normalized spacial score (nSPS) is 18.6. The first-order valence-corrected chi connectivity index (χ1v) is 4.74. The molecule has 3 nitrogen and oxygen atoms in total. The second-order valence-electron chi connectivity index (χ2n) is 3.73. The van der Waals surface area contributed by atoms with E-state index in [2.05, 4.69) is 11.4 Å². The zero-order valence-electron chi connectivity index (χ0n) is 8.21. The van der Waals surface area contributed by atoms with Gasteiger partial charge < -0.3 is 0 Å². The van der Waals surface area contributed by atoms with Crippen LogP contribution in [0, 0.1) is 11.3 Å². The molecule has 0 aliphatic heterocycles. The van der Waals surface area contributed by atoms with E-state index in [1.54, 1.807) is 7.05 Å². The number of hydrogen-bond acceptors (Lipinski definition) is 3. The van der Waals surface area contributed by atoms with Crippen LogP contribution >= 0.6 is 0 Å². The van der Waals surface area contributed by atoms with Gasteiger partial charge in [0.1, 0.15) is 6.04 Å². The Morgan fingerprint density at radius 2 is 2.14 bits per heavy atom. The van der Waals surface area contributed by atoms with Crippen molar-refractivity contribution in [3.63, 3.8) is 0 Å². The summed E-state index contributed by atoms with van der Waals surface area (Å²) in [5.74, 6) is 0. The Bertz CT molecular complexity index is 211. The Labute approximate surface area is 82.7 Å². The van der Waals surface area contributed by atoms with Gasteiger partial charge in [0.2, 0.25) is 0 Å². The maximum Gasteiger partial charge on any atom is 0.251 e. The standard InChI is InChI=1S/C9H15F2N3/c1-14(6-9(10)11)5-8(4-12)13-7-2-3-7/h7-9,13H,2-3,5-6H2,1H3. The number of hydrogen-bond donors (Lipinski definition) is 1. The molecule has 5 heteroatoms. The van der Waals surface area contributed by atoms with Crippen LogP contribution in [0.25, 0.3) is 0 Å². The zero-order valence-corrected chi connectivity index (χ0v) is 8.21. The van der Waals surface area contributed by atoms with E-state index in [0.717, 1.165) is 12.8 Å². The van der Waals surface area contributed by atoms with Crippen LogP contribution in [0.15, 0.2) is 0 Å². The van der Waals surface area contributed by atoms with Crippen molar-refractivity contribution in [2.24, 2.45) is 0 Å². The van der Waals surface area contributed by atoms with Gasteiger partial charge in [-0.2, -0.15) is 5.26 Å². The summed E-state index contributed by atoms with van der Waals surface area (Å²) >= 11 is 0. The third-order valence-corrected chi connectivity index (χ3v) is 2.11. The number of alkyl halides is 2. The van der Waals surface area contributed by atoms with Gasteiger partial charge in [0.05, 0.1) is 12.6 Å². The minimum atomic E-state index is -2.33. The first-order valence-electron chi connectivity index (χ1n) is 4.74. The quantitative estimate of drug-likeness (QED) is 0.695. The molecule has 0 aromatic rings. The van der Waals surface area contributed by atoms with Crippen molar-refractivity contribution >= 4 is 0 Å².